The number of hydrogen-bond donors (Lipinski definition) is 1. The molecule has 0 atom stereocenters. The van der Waals surface area contributed by atoms with Gasteiger partial charge in [0.05, 0.1) is 0 Å². The fraction of sp³-hybridized carbons (Fsp3) is 0.571. The molecule has 0 saturated heterocycles. The third-order valence-corrected chi connectivity index (χ3v) is 3.97. The van der Waals surface area contributed by atoms with Crippen molar-refractivity contribution in [2.75, 3.05) is 26.7 Å². The van der Waals surface area contributed by atoms with Gasteiger partial charge in [0.2, 0.25) is 0 Å². The van der Waals surface area contributed by atoms with Crippen molar-refractivity contribution in [1.82, 2.24) is 10.2 Å². The molecule has 1 fully saturated rings. The molecule has 94 valence electrons. The van der Waals surface area contributed by atoms with Gasteiger partial charge in [-0.15, -0.1) is 11.3 Å². The number of likely N-dealkylation sites (N-methyl/N-ethyl adjacent to an activating group) is 1. The van der Waals surface area contributed by atoms with Gasteiger partial charge in [-0.1, -0.05) is 12.6 Å². The highest BCUT2D eigenvalue weighted by Crippen LogP contribution is 2.18. The lowest BCUT2D eigenvalue weighted by Gasteiger charge is -2.18. The van der Waals surface area contributed by atoms with Gasteiger partial charge in [-0.3, -0.25) is 0 Å². The topological polar surface area (TPSA) is 15.3 Å². The van der Waals surface area contributed by atoms with Gasteiger partial charge in [0.1, 0.15) is 0 Å². The number of nitrogens with one attached hydrogen (secondary N) is 1. The zero-order valence-corrected chi connectivity index (χ0v) is 11.4. The van der Waals surface area contributed by atoms with Crippen LogP contribution in [0.4, 0.5) is 0 Å². The van der Waals surface area contributed by atoms with Gasteiger partial charge in [0, 0.05) is 30.6 Å². The maximum absolute atomic E-state index is 4.14. The van der Waals surface area contributed by atoms with E-state index in [2.05, 4.69) is 41.4 Å². The Labute approximate surface area is 108 Å². The van der Waals surface area contributed by atoms with Crippen molar-refractivity contribution in [3.63, 3.8) is 0 Å². The summed E-state index contributed by atoms with van der Waals surface area (Å²) >= 11 is 1.84. The quantitative estimate of drug-likeness (QED) is 0.713. The molecule has 1 aliphatic carbocycles. The number of thiophene rings is 1. The zero-order valence-electron chi connectivity index (χ0n) is 10.6. The van der Waals surface area contributed by atoms with Crippen molar-refractivity contribution in [1.29, 1.82) is 0 Å². The van der Waals surface area contributed by atoms with Crippen LogP contribution in [-0.2, 0) is 6.42 Å². The van der Waals surface area contributed by atoms with E-state index in [4.69, 9.17) is 0 Å². The van der Waals surface area contributed by atoms with Gasteiger partial charge in [-0.2, -0.15) is 0 Å². The largest absolute Gasteiger partial charge is 0.310 e. The summed E-state index contributed by atoms with van der Waals surface area (Å²) in [5.74, 6) is 0. The number of nitrogens with zero attached hydrogens (tertiary/aromatic N) is 1. The van der Waals surface area contributed by atoms with E-state index < -0.39 is 0 Å². The Bertz CT molecular complexity index is 341. The zero-order chi connectivity index (χ0) is 12.1. The highest BCUT2D eigenvalue weighted by molar-refractivity contribution is 7.09. The molecule has 0 unspecified atom stereocenters. The molecule has 1 saturated carbocycles. The monoisotopic (exact) mass is 250 g/mol. The second-order valence-electron chi connectivity index (χ2n) is 4.97. The molecule has 1 aromatic heterocycles. The standard InChI is InChI=1S/C14H22N2S/c1-12(10-15-13-5-6-13)11-16(2)8-7-14-4-3-9-17-14/h3-4,9,13,15H,1,5-8,10-11H2,2H3. The molecule has 0 bridgehead atoms. The summed E-state index contributed by atoms with van der Waals surface area (Å²) in [6, 6.07) is 5.11. The summed E-state index contributed by atoms with van der Waals surface area (Å²) in [4.78, 5) is 3.83. The second kappa shape index (κ2) is 6.34. The first-order valence-electron chi connectivity index (χ1n) is 6.35. The van der Waals surface area contributed by atoms with E-state index in [0.717, 1.165) is 32.1 Å². The Morgan fingerprint density at radius 1 is 1.59 bits per heavy atom. The Morgan fingerprint density at radius 3 is 3.06 bits per heavy atom. The molecule has 3 heteroatoms. The molecule has 0 spiro atoms. The first-order chi connectivity index (χ1) is 8.24. The highest BCUT2D eigenvalue weighted by Gasteiger charge is 2.20. The first-order valence-corrected chi connectivity index (χ1v) is 7.23. The highest BCUT2D eigenvalue weighted by atomic mass is 32.1. The maximum atomic E-state index is 4.14. The number of hydrogen-bond acceptors (Lipinski definition) is 3. The minimum atomic E-state index is 0.781. The van der Waals surface area contributed by atoms with Crippen LogP contribution in [-0.4, -0.2) is 37.6 Å². The van der Waals surface area contributed by atoms with E-state index in [-0.39, 0.29) is 0 Å². The van der Waals surface area contributed by atoms with Crippen LogP contribution in [0.5, 0.6) is 0 Å². The van der Waals surface area contributed by atoms with Crippen LogP contribution in [0, 0.1) is 0 Å². The summed E-state index contributed by atoms with van der Waals surface area (Å²) in [5, 5.41) is 5.65. The van der Waals surface area contributed by atoms with Crippen molar-refractivity contribution in [3.05, 3.63) is 34.5 Å². The lowest BCUT2D eigenvalue weighted by atomic mass is 10.2. The van der Waals surface area contributed by atoms with Crippen LogP contribution >= 0.6 is 11.3 Å². The molecule has 1 heterocycles. The summed E-state index contributed by atoms with van der Waals surface area (Å²) < 4.78 is 0. The SMILES string of the molecule is C=C(CNC1CC1)CN(C)CCc1cccs1. The Hall–Kier alpha value is -0.640. The summed E-state index contributed by atoms with van der Waals surface area (Å²) in [5.41, 5.74) is 1.30. The molecule has 1 aromatic rings. The van der Waals surface area contributed by atoms with E-state index in [0.29, 0.717) is 0 Å². The molecule has 2 rings (SSSR count). The van der Waals surface area contributed by atoms with E-state index in [1.807, 2.05) is 11.3 Å². The fourth-order valence-electron chi connectivity index (χ4n) is 1.85. The lowest BCUT2D eigenvalue weighted by Crippen LogP contribution is -2.28. The van der Waals surface area contributed by atoms with E-state index >= 15 is 0 Å². The molecule has 2 nitrogen and oxygen atoms in total. The molecule has 17 heavy (non-hydrogen) atoms. The van der Waals surface area contributed by atoms with E-state index in [1.165, 1.54) is 23.3 Å². The first kappa shape index (κ1) is 12.8. The van der Waals surface area contributed by atoms with Crippen LogP contribution in [0.3, 0.4) is 0 Å². The second-order valence-corrected chi connectivity index (χ2v) is 6.00. The summed E-state index contributed by atoms with van der Waals surface area (Å²) in [6.07, 6.45) is 3.85. The lowest BCUT2D eigenvalue weighted by molar-refractivity contribution is 0.364. The maximum Gasteiger partial charge on any atom is 0.0199 e. The number of rotatable bonds is 8. The van der Waals surface area contributed by atoms with Gasteiger partial charge in [0.25, 0.3) is 0 Å². The van der Waals surface area contributed by atoms with Gasteiger partial charge in [-0.05, 0) is 43.3 Å². The third kappa shape index (κ3) is 5.02. The average molecular weight is 250 g/mol. The summed E-state index contributed by atoms with van der Waals surface area (Å²) in [7, 11) is 2.18. The van der Waals surface area contributed by atoms with Crippen molar-refractivity contribution >= 4 is 11.3 Å². The van der Waals surface area contributed by atoms with Crippen molar-refractivity contribution in [2.45, 2.75) is 25.3 Å². The van der Waals surface area contributed by atoms with Crippen molar-refractivity contribution in [3.8, 4) is 0 Å². The Kier molecular flexibility index (Phi) is 4.77. The van der Waals surface area contributed by atoms with Crippen molar-refractivity contribution < 1.29 is 0 Å². The van der Waals surface area contributed by atoms with Crippen LogP contribution in [0.15, 0.2) is 29.7 Å². The molecule has 1 N–H and O–H groups in total. The van der Waals surface area contributed by atoms with Crippen LogP contribution in [0.2, 0.25) is 0 Å². The van der Waals surface area contributed by atoms with Crippen LogP contribution < -0.4 is 5.32 Å². The van der Waals surface area contributed by atoms with Crippen LogP contribution in [0.1, 0.15) is 17.7 Å². The minimum Gasteiger partial charge on any atom is -0.310 e. The molecule has 0 amide bonds. The predicted molar refractivity (Wildman–Crippen MR) is 75.7 cm³/mol. The minimum absolute atomic E-state index is 0.781. The smallest absolute Gasteiger partial charge is 0.0199 e. The van der Waals surface area contributed by atoms with Crippen LogP contribution in [0.25, 0.3) is 0 Å². The molecular weight excluding hydrogens is 228 g/mol. The van der Waals surface area contributed by atoms with E-state index in [1.54, 1.807) is 0 Å². The Morgan fingerprint density at radius 2 is 2.41 bits per heavy atom. The molecule has 0 aromatic carbocycles. The van der Waals surface area contributed by atoms with Gasteiger partial charge in [-0.25, -0.2) is 0 Å². The van der Waals surface area contributed by atoms with E-state index in [9.17, 15) is 0 Å². The Balaban J connectivity index is 1.58. The van der Waals surface area contributed by atoms with Gasteiger partial charge >= 0.3 is 0 Å². The third-order valence-electron chi connectivity index (χ3n) is 3.03. The normalized spacial score (nSPS) is 15.4. The average Bonchev–Trinajstić information content (AvgIpc) is 2.99. The predicted octanol–water partition coefficient (Wildman–Crippen LogP) is 2.53. The molecule has 0 aliphatic heterocycles. The molecule has 1 aliphatic rings. The molecule has 0 radical (unpaired) electrons. The molecular formula is C14H22N2S. The summed E-state index contributed by atoms with van der Waals surface area (Å²) in [6.45, 7) is 7.24. The van der Waals surface area contributed by atoms with Gasteiger partial charge in [0.15, 0.2) is 0 Å². The fourth-order valence-corrected chi connectivity index (χ4v) is 2.55. The van der Waals surface area contributed by atoms with Crippen molar-refractivity contribution in [2.24, 2.45) is 0 Å². The van der Waals surface area contributed by atoms with Gasteiger partial charge < -0.3 is 10.2 Å².